The molecule has 0 spiro atoms. The van der Waals surface area contributed by atoms with Crippen molar-refractivity contribution in [3.8, 4) is 17.1 Å². The van der Waals surface area contributed by atoms with Crippen molar-refractivity contribution in [1.82, 2.24) is 32.5 Å². The van der Waals surface area contributed by atoms with Crippen LogP contribution in [0, 0.1) is 0 Å². The van der Waals surface area contributed by atoms with Gasteiger partial charge in [0.25, 0.3) is 0 Å². The highest BCUT2D eigenvalue weighted by molar-refractivity contribution is 6.09. The largest absolute Gasteiger partial charge is 0.309 e. The summed E-state index contributed by atoms with van der Waals surface area (Å²) in [5.74, 6) is 1.74. The lowest BCUT2D eigenvalue weighted by atomic mass is 10.2. The second kappa shape index (κ2) is 9.74. The molecule has 0 bridgehead atoms. The van der Waals surface area contributed by atoms with Gasteiger partial charge in [0, 0.05) is 10.8 Å². The van der Waals surface area contributed by atoms with Gasteiger partial charge in [0.05, 0.1) is 72.2 Å². The van der Waals surface area contributed by atoms with Crippen molar-refractivity contribution >= 4 is 77.5 Å². The number of rotatable bonds is 3. The Labute approximate surface area is 290 Å². The van der Waals surface area contributed by atoms with E-state index >= 15 is 0 Å². The summed E-state index contributed by atoms with van der Waals surface area (Å²) in [6.45, 7) is 0. The second-order valence-corrected chi connectivity index (χ2v) is 13.2. The molecule has 7 aromatic carbocycles. The molecule has 5 aromatic heterocycles. The first-order valence-electron chi connectivity index (χ1n) is 17.2. The van der Waals surface area contributed by atoms with E-state index < -0.39 is 0 Å². The molecule has 0 fully saturated rings. The van der Waals surface area contributed by atoms with E-state index in [1.54, 1.807) is 0 Å². The summed E-state index contributed by atoms with van der Waals surface area (Å²) < 4.78 is 11.6. The molecule has 0 aliphatic carbocycles. The van der Waals surface area contributed by atoms with Crippen LogP contribution in [0.15, 0.2) is 164 Å². The van der Waals surface area contributed by atoms with Gasteiger partial charge in [-0.1, -0.05) is 84.9 Å². The Morgan fingerprint density at radius 1 is 0.294 bits per heavy atom. The summed E-state index contributed by atoms with van der Waals surface area (Å²) in [6.07, 6.45) is 0. The van der Waals surface area contributed by atoms with Gasteiger partial charge in [-0.3, -0.25) is 17.9 Å². The fraction of sp³-hybridized carbons (Fsp3) is 0. The number of hydrogen-bond acceptors (Lipinski definition) is 2. The average molecular weight is 654 g/mol. The van der Waals surface area contributed by atoms with Gasteiger partial charge in [0.1, 0.15) is 0 Å². The van der Waals surface area contributed by atoms with E-state index in [4.69, 9.17) is 9.97 Å². The Morgan fingerprint density at radius 3 is 1.08 bits per heavy atom. The molecule has 7 heteroatoms. The van der Waals surface area contributed by atoms with E-state index in [-0.39, 0.29) is 0 Å². The Bertz CT molecular complexity index is 3160. The second-order valence-electron chi connectivity index (χ2n) is 13.2. The third-order valence-electron chi connectivity index (χ3n) is 10.5. The molecule has 0 aliphatic heterocycles. The fourth-order valence-electron chi connectivity index (χ4n) is 8.38. The highest BCUT2D eigenvalue weighted by atomic mass is 15.2. The molecule has 0 unspecified atom stereocenters. The van der Waals surface area contributed by atoms with E-state index in [0.29, 0.717) is 0 Å². The molecule has 12 aromatic rings. The number of nitrogens with zero attached hydrogens (tertiary/aromatic N) is 7. The van der Waals surface area contributed by atoms with Crippen LogP contribution >= 0.6 is 0 Å². The van der Waals surface area contributed by atoms with Crippen LogP contribution in [-0.2, 0) is 0 Å². The number of aromatic nitrogens is 7. The van der Waals surface area contributed by atoms with E-state index in [0.717, 1.165) is 83.8 Å². The highest BCUT2D eigenvalue weighted by Crippen LogP contribution is 2.37. The topological polar surface area (TPSA) is 49.4 Å². The normalized spacial score (nSPS) is 12.3. The molecule has 5 heterocycles. The monoisotopic (exact) mass is 653 g/mol. The predicted molar refractivity (Wildman–Crippen MR) is 207 cm³/mol. The van der Waals surface area contributed by atoms with Crippen LogP contribution in [0.3, 0.4) is 0 Å². The first-order valence-corrected chi connectivity index (χ1v) is 17.2. The number of benzene rings is 7. The van der Waals surface area contributed by atoms with E-state index in [1.165, 1.54) is 10.8 Å². The van der Waals surface area contributed by atoms with Crippen molar-refractivity contribution in [3.63, 3.8) is 0 Å². The van der Waals surface area contributed by atoms with Crippen molar-refractivity contribution in [2.75, 3.05) is 0 Å². The lowest BCUT2D eigenvalue weighted by Gasteiger charge is -2.16. The fourth-order valence-corrected chi connectivity index (χ4v) is 8.38. The van der Waals surface area contributed by atoms with Gasteiger partial charge in [-0.15, -0.1) is 0 Å². The first-order chi connectivity index (χ1) is 25.3. The summed E-state index contributed by atoms with van der Waals surface area (Å²) in [4.78, 5) is 10.5. The van der Waals surface area contributed by atoms with Crippen LogP contribution in [0.4, 0.5) is 0 Å². The van der Waals surface area contributed by atoms with Gasteiger partial charge in [-0.05, 0) is 78.9 Å². The zero-order valence-electron chi connectivity index (χ0n) is 27.2. The summed E-state index contributed by atoms with van der Waals surface area (Å²) >= 11 is 0. The van der Waals surface area contributed by atoms with Gasteiger partial charge in [-0.25, -0.2) is 9.97 Å². The number of para-hydroxylation sites is 10. The van der Waals surface area contributed by atoms with Crippen LogP contribution in [0.1, 0.15) is 0 Å². The third-order valence-corrected chi connectivity index (χ3v) is 10.5. The van der Waals surface area contributed by atoms with E-state index in [1.807, 2.05) is 0 Å². The number of fused-ring (bicyclic) bond motifs is 13. The van der Waals surface area contributed by atoms with Gasteiger partial charge < -0.3 is 4.57 Å². The number of imidazole rings is 4. The molecule has 0 saturated heterocycles. The SMILES string of the molecule is c1ccc2c(c1)nc1n(-c3cc(-n4c5ccccc5c5ccccc54)cc(-n4c5ccccc5n5c6ccccc6nc45)c3)c3ccccc3n21. The maximum absolute atomic E-state index is 5.24. The summed E-state index contributed by atoms with van der Waals surface area (Å²) in [5, 5.41) is 2.45. The molecule has 0 radical (unpaired) electrons. The number of hydrogen-bond donors (Lipinski definition) is 0. The quantitative estimate of drug-likeness (QED) is 0.191. The average Bonchev–Trinajstić information content (AvgIpc) is 3.97. The summed E-state index contributed by atoms with van der Waals surface area (Å²) in [5.41, 5.74) is 13.9. The Morgan fingerprint density at radius 2 is 0.627 bits per heavy atom. The van der Waals surface area contributed by atoms with Gasteiger partial charge in [0.15, 0.2) is 0 Å². The van der Waals surface area contributed by atoms with Gasteiger partial charge in [0.2, 0.25) is 11.6 Å². The van der Waals surface area contributed by atoms with Crippen molar-refractivity contribution < 1.29 is 0 Å². The molecule has 0 amide bonds. The highest BCUT2D eigenvalue weighted by Gasteiger charge is 2.22. The lowest BCUT2D eigenvalue weighted by Crippen LogP contribution is -2.04. The van der Waals surface area contributed by atoms with Crippen LogP contribution in [0.2, 0.25) is 0 Å². The zero-order valence-corrected chi connectivity index (χ0v) is 27.2. The van der Waals surface area contributed by atoms with E-state index in [9.17, 15) is 0 Å². The molecule has 12 rings (SSSR count). The van der Waals surface area contributed by atoms with Gasteiger partial charge in [-0.2, -0.15) is 0 Å². The smallest absolute Gasteiger partial charge is 0.220 e. The molecule has 0 saturated carbocycles. The molecular formula is C44H27N7. The summed E-state index contributed by atoms with van der Waals surface area (Å²) in [7, 11) is 0. The zero-order chi connectivity index (χ0) is 33.2. The first kappa shape index (κ1) is 26.8. The molecule has 0 atom stereocenters. The predicted octanol–water partition coefficient (Wildman–Crippen LogP) is 10.3. The standard InChI is InChI=1S/C44H27N7/c1-5-17-35-31(13-1)32-14-2-6-18-36(32)47(35)28-25-29(48-39-21-9-11-23-41(39)50-37-19-7-3-15-33(37)45-43(48)50)27-30(26-28)49-40-22-10-12-24-42(40)51-38-20-8-4-16-34(38)46-44(49)51/h1-27H. The summed E-state index contributed by atoms with van der Waals surface area (Å²) in [6, 6.07) is 58.2. The molecule has 238 valence electrons. The van der Waals surface area contributed by atoms with Crippen LogP contribution < -0.4 is 0 Å². The maximum atomic E-state index is 5.24. The van der Waals surface area contributed by atoms with Crippen molar-refractivity contribution in [3.05, 3.63) is 164 Å². The van der Waals surface area contributed by atoms with Crippen LogP contribution in [0.5, 0.6) is 0 Å². The molecule has 0 aliphatic rings. The van der Waals surface area contributed by atoms with E-state index in [2.05, 4.69) is 186 Å². The minimum Gasteiger partial charge on any atom is -0.309 e. The minimum atomic E-state index is 0.872. The Hall–Kier alpha value is -7.12. The van der Waals surface area contributed by atoms with Crippen molar-refractivity contribution in [1.29, 1.82) is 0 Å². The molecule has 0 N–H and O–H groups in total. The molecular weight excluding hydrogens is 627 g/mol. The van der Waals surface area contributed by atoms with Crippen molar-refractivity contribution in [2.45, 2.75) is 0 Å². The Kier molecular flexibility index (Phi) is 5.12. The van der Waals surface area contributed by atoms with Crippen LogP contribution in [-0.4, -0.2) is 32.5 Å². The lowest BCUT2D eigenvalue weighted by molar-refractivity contribution is 1.06. The third kappa shape index (κ3) is 3.51. The minimum absolute atomic E-state index is 0.872. The molecule has 51 heavy (non-hydrogen) atoms. The van der Waals surface area contributed by atoms with Gasteiger partial charge >= 0.3 is 0 Å². The maximum Gasteiger partial charge on any atom is 0.220 e. The Balaban J connectivity index is 1.26. The van der Waals surface area contributed by atoms with Crippen molar-refractivity contribution in [2.24, 2.45) is 0 Å². The van der Waals surface area contributed by atoms with Crippen LogP contribution in [0.25, 0.3) is 94.6 Å². The molecule has 7 nitrogen and oxygen atoms in total.